The van der Waals surface area contributed by atoms with Gasteiger partial charge in [0.1, 0.15) is 0 Å². The summed E-state index contributed by atoms with van der Waals surface area (Å²) in [5.41, 5.74) is 4.30. The summed E-state index contributed by atoms with van der Waals surface area (Å²) in [4.78, 5) is 22.0. The van der Waals surface area contributed by atoms with Crippen LogP contribution in [-0.2, 0) is 16.8 Å². The van der Waals surface area contributed by atoms with E-state index in [1.165, 1.54) is 5.56 Å². The average molecular weight is 335 g/mol. The number of aryl methyl sites for hydroxylation is 1. The molecule has 1 saturated heterocycles. The van der Waals surface area contributed by atoms with Crippen LogP contribution < -0.4 is 4.90 Å². The van der Waals surface area contributed by atoms with E-state index in [1.807, 2.05) is 24.0 Å². The van der Waals surface area contributed by atoms with E-state index < -0.39 is 0 Å². The van der Waals surface area contributed by atoms with Crippen molar-refractivity contribution >= 4 is 11.6 Å². The second kappa shape index (κ2) is 5.95. The van der Waals surface area contributed by atoms with Crippen molar-refractivity contribution < 1.29 is 4.79 Å². The quantitative estimate of drug-likeness (QED) is 0.864. The van der Waals surface area contributed by atoms with Crippen LogP contribution in [-0.4, -0.2) is 35.4 Å². The predicted octanol–water partition coefficient (Wildman–Crippen LogP) is 3.15. The Labute approximate surface area is 149 Å². The molecular formula is C21H25N3O. The van der Waals surface area contributed by atoms with Gasteiger partial charge in [0, 0.05) is 37.3 Å². The molecule has 0 aliphatic carbocycles. The number of carbonyl (C=O) groups is 1. The number of anilines is 1. The number of carbonyl (C=O) groups excluding carboxylic acids is 1. The summed E-state index contributed by atoms with van der Waals surface area (Å²) in [5, 5.41) is 0. The Morgan fingerprint density at radius 1 is 1.16 bits per heavy atom. The molecule has 0 spiro atoms. The summed E-state index contributed by atoms with van der Waals surface area (Å²) in [6, 6.07) is 14.5. The normalized spacial score (nSPS) is 19.6. The van der Waals surface area contributed by atoms with Crippen LogP contribution in [0, 0.1) is 12.8 Å². The average Bonchev–Trinajstić information content (AvgIpc) is 2.82. The number of pyridine rings is 1. The maximum atomic E-state index is 13.0. The zero-order valence-corrected chi connectivity index (χ0v) is 15.2. The summed E-state index contributed by atoms with van der Waals surface area (Å²) >= 11 is 0. The fourth-order valence-corrected chi connectivity index (χ4v) is 3.93. The molecule has 3 heterocycles. The molecule has 1 fully saturated rings. The first-order chi connectivity index (χ1) is 11.9. The first-order valence-electron chi connectivity index (χ1n) is 9.00. The zero-order chi connectivity index (χ0) is 17.6. The van der Waals surface area contributed by atoms with Gasteiger partial charge in [-0.1, -0.05) is 44.2 Å². The van der Waals surface area contributed by atoms with Gasteiger partial charge in [0.15, 0.2) is 0 Å². The van der Waals surface area contributed by atoms with Crippen LogP contribution in [0.5, 0.6) is 0 Å². The van der Waals surface area contributed by atoms with Crippen molar-refractivity contribution in [1.29, 1.82) is 0 Å². The van der Waals surface area contributed by atoms with E-state index in [4.69, 9.17) is 4.98 Å². The van der Waals surface area contributed by atoms with Crippen molar-refractivity contribution in [1.82, 2.24) is 9.88 Å². The lowest BCUT2D eigenvalue weighted by molar-refractivity contribution is -0.127. The number of hydrogen-bond donors (Lipinski definition) is 0. The first kappa shape index (κ1) is 16.3. The molecule has 4 nitrogen and oxygen atoms in total. The largest absolute Gasteiger partial charge is 0.309 e. The molecule has 2 aromatic rings. The van der Waals surface area contributed by atoms with Crippen molar-refractivity contribution in [2.24, 2.45) is 5.92 Å². The van der Waals surface area contributed by atoms with Gasteiger partial charge >= 0.3 is 0 Å². The molecule has 0 radical (unpaired) electrons. The third-order valence-corrected chi connectivity index (χ3v) is 5.32. The predicted molar refractivity (Wildman–Crippen MR) is 99.6 cm³/mol. The number of benzene rings is 1. The molecule has 2 aliphatic rings. The van der Waals surface area contributed by atoms with Crippen molar-refractivity contribution in [2.75, 3.05) is 24.5 Å². The molecule has 0 saturated carbocycles. The lowest BCUT2D eigenvalue weighted by atomic mass is 9.91. The van der Waals surface area contributed by atoms with E-state index in [0.29, 0.717) is 0 Å². The van der Waals surface area contributed by atoms with Gasteiger partial charge in [-0.05, 0) is 24.6 Å². The molecule has 1 amide bonds. The Morgan fingerprint density at radius 3 is 2.60 bits per heavy atom. The number of fused-ring (bicyclic) bond motifs is 1. The molecule has 0 unspecified atom stereocenters. The fourth-order valence-electron chi connectivity index (χ4n) is 3.93. The number of likely N-dealkylation sites (tertiary alicyclic amines) is 1. The standard InChI is InChI=1S/C21H25N3O/c1-15-9-10-18-19(22-15)21(2,3)14-24(18)20(25)17-12-23(13-17)11-16-7-5-4-6-8-16/h4-10,17H,11-14H2,1-3H3. The van der Waals surface area contributed by atoms with Crippen LogP contribution in [0.1, 0.15) is 30.8 Å². The van der Waals surface area contributed by atoms with Crippen molar-refractivity contribution in [3.63, 3.8) is 0 Å². The Morgan fingerprint density at radius 2 is 1.88 bits per heavy atom. The third kappa shape index (κ3) is 2.95. The molecule has 2 aliphatic heterocycles. The van der Waals surface area contributed by atoms with E-state index >= 15 is 0 Å². The van der Waals surface area contributed by atoms with Crippen molar-refractivity contribution in [3.8, 4) is 0 Å². The lowest BCUT2D eigenvalue weighted by Crippen LogP contribution is -2.54. The van der Waals surface area contributed by atoms with Gasteiger partial charge < -0.3 is 4.90 Å². The third-order valence-electron chi connectivity index (χ3n) is 5.32. The number of aromatic nitrogens is 1. The maximum Gasteiger partial charge on any atom is 0.232 e. The topological polar surface area (TPSA) is 36.4 Å². The smallest absolute Gasteiger partial charge is 0.232 e. The Balaban J connectivity index is 1.44. The van der Waals surface area contributed by atoms with E-state index in [0.717, 1.165) is 43.3 Å². The maximum absolute atomic E-state index is 13.0. The van der Waals surface area contributed by atoms with Crippen LogP contribution >= 0.6 is 0 Å². The summed E-state index contributed by atoms with van der Waals surface area (Å²) < 4.78 is 0. The monoisotopic (exact) mass is 335 g/mol. The highest BCUT2D eigenvalue weighted by atomic mass is 16.2. The zero-order valence-electron chi connectivity index (χ0n) is 15.2. The fraction of sp³-hybridized carbons (Fsp3) is 0.429. The minimum absolute atomic E-state index is 0.0789. The van der Waals surface area contributed by atoms with E-state index in [1.54, 1.807) is 0 Å². The highest BCUT2D eigenvalue weighted by molar-refractivity contribution is 5.98. The summed E-state index contributed by atoms with van der Waals surface area (Å²) in [7, 11) is 0. The van der Waals surface area contributed by atoms with Crippen LogP contribution in [0.4, 0.5) is 5.69 Å². The number of nitrogens with zero attached hydrogens (tertiary/aromatic N) is 3. The second-order valence-corrected chi connectivity index (χ2v) is 8.01. The van der Waals surface area contributed by atoms with Gasteiger partial charge in [-0.25, -0.2) is 0 Å². The lowest BCUT2D eigenvalue weighted by Gasteiger charge is -2.40. The Hall–Kier alpha value is -2.20. The Bertz CT molecular complexity index is 794. The summed E-state index contributed by atoms with van der Waals surface area (Å²) in [6.07, 6.45) is 0. The molecule has 0 N–H and O–H groups in total. The second-order valence-electron chi connectivity index (χ2n) is 8.01. The van der Waals surface area contributed by atoms with Gasteiger partial charge in [-0.3, -0.25) is 14.7 Å². The molecule has 4 heteroatoms. The van der Waals surface area contributed by atoms with E-state index in [9.17, 15) is 4.79 Å². The van der Waals surface area contributed by atoms with E-state index in [-0.39, 0.29) is 17.2 Å². The first-order valence-corrected chi connectivity index (χ1v) is 9.00. The molecular weight excluding hydrogens is 310 g/mol. The van der Waals surface area contributed by atoms with Crippen LogP contribution in [0.2, 0.25) is 0 Å². The van der Waals surface area contributed by atoms with Gasteiger partial charge in [0.2, 0.25) is 5.91 Å². The molecule has 4 rings (SSSR count). The Kier molecular flexibility index (Phi) is 3.88. The van der Waals surface area contributed by atoms with Gasteiger partial charge in [-0.2, -0.15) is 0 Å². The molecule has 130 valence electrons. The molecule has 0 bridgehead atoms. The number of amides is 1. The van der Waals surface area contributed by atoms with Crippen molar-refractivity contribution in [2.45, 2.75) is 32.7 Å². The number of rotatable bonds is 3. The number of hydrogen-bond acceptors (Lipinski definition) is 3. The summed E-state index contributed by atoms with van der Waals surface area (Å²) in [5.74, 6) is 0.355. The van der Waals surface area contributed by atoms with Gasteiger partial charge in [0.05, 0.1) is 17.3 Å². The molecule has 0 atom stereocenters. The van der Waals surface area contributed by atoms with Crippen LogP contribution in [0.3, 0.4) is 0 Å². The summed E-state index contributed by atoms with van der Waals surface area (Å²) in [6.45, 7) is 9.70. The molecule has 25 heavy (non-hydrogen) atoms. The highest BCUT2D eigenvalue weighted by Gasteiger charge is 2.43. The van der Waals surface area contributed by atoms with E-state index in [2.05, 4.69) is 49.1 Å². The van der Waals surface area contributed by atoms with Gasteiger partial charge in [-0.15, -0.1) is 0 Å². The minimum Gasteiger partial charge on any atom is -0.309 e. The minimum atomic E-state index is -0.0789. The van der Waals surface area contributed by atoms with Crippen LogP contribution in [0.15, 0.2) is 42.5 Å². The molecule has 1 aromatic heterocycles. The van der Waals surface area contributed by atoms with Crippen molar-refractivity contribution in [3.05, 3.63) is 59.4 Å². The van der Waals surface area contributed by atoms with Gasteiger partial charge in [0.25, 0.3) is 0 Å². The SMILES string of the molecule is Cc1ccc2c(n1)C(C)(C)CN2C(=O)C1CN(Cc2ccccc2)C1. The molecule has 1 aromatic carbocycles. The highest BCUT2D eigenvalue weighted by Crippen LogP contribution is 2.40. The van der Waals surface area contributed by atoms with Crippen LogP contribution in [0.25, 0.3) is 0 Å².